The minimum Gasteiger partial charge on any atom is -0.360 e. The Morgan fingerprint density at radius 3 is 2.50 bits per heavy atom. The van der Waals surface area contributed by atoms with Crippen LogP contribution in [0, 0.1) is 19.8 Å². The van der Waals surface area contributed by atoms with E-state index in [1.807, 2.05) is 24.3 Å². The van der Waals surface area contributed by atoms with E-state index in [-0.39, 0.29) is 16.7 Å². The molecule has 0 spiro atoms. The maximum Gasteiger partial charge on any atom is 0.248 e. The minimum atomic E-state index is -3.66. The lowest BCUT2D eigenvalue weighted by Crippen LogP contribution is -2.43. The van der Waals surface area contributed by atoms with E-state index in [2.05, 4.69) is 21.1 Å². The Morgan fingerprint density at radius 1 is 1.29 bits per heavy atom. The molecule has 2 heterocycles. The van der Waals surface area contributed by atoms with E-state index < -0.39 is 10.0 Å². The minimum absolute atomic E-state index is 0.0464. The summed E-state index contributed by atoms with van der Waals surface area (Å²) in [6.07, 6.45) is 1.00. The molecule has 0 unspecified atom stereocenters. The number of sulfonamides is 1. The molecule has 7 nitrogen and oxygen atoms in total. The van der Waals surface area contributed by atoms with Crippen molar-refractivity contribution in [3.8, 4) is 0 Å². The van der Waals surface area contributed by atoms with Crippen LogP contribution in [-0.4, -0.2) is 48.8 Å². The molecule has 0 aliphatic carbocycles. The van der Waals surface area contributed by atoms with Crippen molar-refractivity contribution in [1.82, 2.24) is 14.4 Å². The number of nitrogens with zero attached hydrogens (tertiary/aromatic N) is 3. The van der Waals surface area contributed by atoms with Crippen molar-refractivity contribution in [2.45, 2.75) is 38.1 Å². The molecule has 9 heteroatoms. The third-order valence-corrected chi connectivity index (χ3v) is 8.03. The third kappa shape index (κ3) is 4.16. The zero-order chi connectivity index (χ0) is 20.5. The Bertz CT molecular complexity index is 946. The molecule has 0 N–H and O–H groups in total. The number of aromatic nitrogens is 1. The second kappa shape index (κ2) is 8.34. The average molecular weight is 470 g/mol. The number of benzene rings is 1. The van der Waals surface area contributed by atoms with Gasteiger partial charge in [0.05, 0.1) is 0 Å². The van der Waals surface area contributed by atoms with Gasteiger partial charge in [-0.25, -0.2) is 8.42 Å². The summed E-state index contributed by atoms with van der Waals surface area (Å²) in [5.41, 5.74) is 1.40. The summed E-state index contributed by atoms with van der Waals surface area (Å²) in [5.74, 6) is 0.164. The largest absolute Gasteiger partial charge is 0.360 e. The Kier molecular flexibility index (Phi) is 6.26. The highest BCUT2D eigenvalue weighted by atomic mass is 79.9. The number of rotatable bonds is 5. The molecule has 0 saturated carbocycles. The molecule has 1 aromatic heterocycles. The summed E-state index contributed by atoms with van der Waals surface area (Å²) >= 11 is 3.51. The van der Waals surface area contributed by atoms with E-state index >= 15 is 0 Å². The van der Waals surface area contributed by atoms with Crippen molar-refractivity contribution in [3.05, 3.63) is 45.8 Å². The first-order valence-electron chi connectivity index (χ1n) is 9.13. The average Bonchev–Trinajstić information content (AvgIpc) is 3.02. The number of piperidine rings is 1. The van der Waals surface area contributed by atoms with Crippen LogP contribution >= 0.6 is 15.9 Å². The molecule has 2 aromatic rings. The van der Waals surface area contributed by atoms with Gasteiger partial charge in [-0.15, -0.1) is 0 Å². The van der Waals surface area contributed by atoms with Gasteiger partial charge in [0.1, 0.15) is 10.6 Å². The van der Waals surface area contributed by atoms with Crippen molar-refractivity contribution >= 4 is 31.9 Å². The summed E-state index contributed by atoms with van der Waals surface area (Å²) in [6.45, 7) is 4.35. The number of carbonyl (C=O) groups excluding carboxylic acids is 1. The molecular weight excluding hydrogens is 446 g/mol. The van der Waals surface area contributed by atoms with E-state index in [0.29, 0.717) is 43.9 Å². The SMILES string of the molecule is Cc1noc(C)c1S(=O)(=O)N1CCC(C(=O)N(C)Cc2ccccc2Br)CC1. The number of halogens is 1. The second-order valence-corrected chi connectivity index (χ2v) is 9.85. The molecule has 28 heavy (non-hydrogen) atoms. The monoisotopic (exact) mass is 469 g/mol. The predicted molar refractivity (Wildman–Crippen MR) is 108 cm³/mol. The van der Waals surface area contributed by atoms with E-state index in [9.17, 15) is 13.2 Å². The molecule has 1 aliphatic heterocycles. The predicted octanol–water partition coefficient (Wildman–Crippen LogP) is 3.11. The highest BCUT2D eigenvalue weighted by molar-refractivity contribution is 9.10. The molecule has 1 aromatic carbocycles. The number of hydrogen-bond acceptors (Lipinski definition) is 5. The fraction of sp³-hybridized carbons (Fsp3) is 0.474. The lowest BCUT2D eigenvalue weighted by Gasteiger charge is -2.32. The standard InChI is InChI=1S/C19H24BrN3O4S/c1-13-18(14(2)27-21-13)28(25,26)23-10-8-15(9-11-23)19(24)22(3)12-16-6-4-5-7-17(16)20/h4-7,15H,8-12H2,1-3H3. The summed E-state index contributed by atoms with van der Waals surface area (Å²) in [4.78, 5) is 14.7. The zero-order valence-electron chi connectivity index (χ0n) is 16.2. The number of amides is 1. The van der Waals surface area contributed by atoms with Gasteiger partial charge in [0.2, 0.25) is 15.9 Å². The fourth-order valence-electron chi connectivity index (χ4n) is 3.59. The van der Waals surface area contributed by atoms with Crippen LogP contribution in [0.15, 0.2) is 38.2 Å². The molecule has 0 bridgehead atoms. The van der Waals surface area contributed by atoms with Crippen LogP contribution < -0.4 is 0 Å². The summed E-state index contributed by atoms with van der Waals surface area (Å²) in [5, 5.41) is 3.75. The molecule has 152 valence electrons. The van der Waals surface area contributed by atoms with E-state index in [0.717, 1.165) is 10.0 Å². The van der Waals surface area contributed by atoms with Gasteiger partial charge in [0, 0.05) is 37.1 Å². The Hall–Kier alpha value is -1.71. The van der Waals surface area contributed by atoms with Gasteiger partial charge in [0.15, 0.2) is 5.76 Å². The third-order valence-electron chi connectivity index (χ3n) is 5.11. The number of hydrogen-bond donors (Lipinski definition) is 0. The van der Waals surface area contributed by atoms with Crippen molar-refractivity contribution in [2.75, 3.05) is 20.1 Å². The van der Waals surface area contributed by atoms with Gasteiger partial charge in [0.25, 0.3) is 0 Å². The van der Waals surface area contributed by atoms with E-state index in [4.69, 9.17) is 4.52 Å². The Labute approximate surface area is 173 Å². The van der Waals surface area contributed by atoms with E-state index in [1.54, 1.807) is 25.8 Å². The van der Waals surface area contributed by atoms with Crippen LogP contribution in [-0.2, 0) is 21.4 Å². The second-order valence-electron chi connectivity index (χ2n) is 7.12. The first kappa shape index (κ1) is 21.0. The van der Waals surface area contributed by atoms with Crippen molar-refractivity contribution < 1.29 is 17.7 Å². The fourth-order valence-corrected chi connectivity index (χ4v) is 5.76. The zero-order valence-corrected chi connectivity index (χ0v) is 18.6. The molecule has 1 fully saturated rings. The molecular formula is C19H24BrN3O4S. The number of aryl methyl sites for hydroxylation is 2. The summed E-state index contributed by atoms with van der Waals surface area (Å²) in [7, 11) is -1.87. The van der Waals surface area contributed by atoms with Crippen LogP contribution in [0.3, 0.4) is 0 Å². The van der Waals surface area contributed by atoms with Crippen molar-refractivity contribution in [2.24, 2.45) is 5.92 Å². The van der Waals surface area contributed by atoms with Gasteiger partial charge in [-0.2, -0.15) is 4.31 Å². The van der Waals surface area contributed by atoms with Crippen LogP contribution in [0.5, 0.6) is 0 Å². The van der Waals surface area contributed by atoms with Crippen molar-refractivity contribution in [1.29, 1.82) is 0 Å². The van der Waals surface area contributed by atoms with Gasteiger partial charge in [-0.05, 0) is 38.3 Å². The van der Waals surface area contributed by atoms with Gasteiger partial charge in [-0.3, -0.25) is 4.79 Å². The molecule has 1 amide bonds. The Balaban J connectivity index is 1.63. The molecule has 0 radical (unpaired) electrons. The van der Waals surface area contributed by atoms with Crippen LogP contribution in [0.2, 0.25) is 0 Å². The lowest BCUT2D eigenvalue weighted by molar-refractivity contribution is -0.135. The smallest absolute Gasteiger partial charge is 0.248 e. The normalized spacial score (nSPS) is 16.3. The summed E-state index contributed by atoms with van der Waals surface area (Å²) in [6, 6.07) is 7.80. The lowest BCUT2D eigenvalue weighted by atomic mass is 9.96. The van der Waals surface area contributed by atoms with Gasteiger partial charge in [-0.1, -0.05) is 39.3 Å². The van der Waals surface area contributed by atoms with Crippen LogP contribution in [0.4, 0.5) is 0 Å². The van der Waals surface area contributed by atoms with Crippen molar-refractivity contribution in [3.63, 3.8) is 0 Å². The van der Waals surface area contributed by atoms with Gasteiger partial charge < -0.3 is 9.42 Å². The molecule has 3 rings (SSSR count). The molecule has 1 aliphatic rings. The first-order valence-corrected chi connectivity index (χ1v) is 11.4. The van der Waals surface area contributed by atoms with Crippen LogP contribution in [0.1, 0.15) is 29.9 Å². The quantitative estimate of drug-likeness (QED) is 0.671. The molecule has 0 atom stereocenters. The van der Waals surface area contributed by atoms with Gasteiger partial charge >= 0.3 is 0 Å². The Morgan fingerprint density at radius 2 is 1.93 bits per heavy atom. The first-order chi connectivity index (χ1) is 13.2. The topological polar surface area (TPSA) is 83.7 Å². The maximum absolute atomic E-state index is 12.9. The summed E-state index contributed by atoms with van der Waals surface area (Å²) < 4.78 is 33.2. The maximum atomic E-state index is 12.9. The number of carbonyl (C=O) groups is 1. The van der Waals surface area contributed by atoms with E-state index in [1.165, 1.54) is 4.31 Å². The highest BCUT2D eigenvalue weighted by Crippen LogP contribution is 2.28. The highest BCUT2D eigenvalue weighted by Gasteiger charge is 2.36. The van der Waals surface area contributed by atoms with Crippen LogP contribution in [0.25, 0.3) is 0 Å². The molecule has 1 saturated heterocycles.